The number of ether oxygens (including phenoxy) is 1. The average molecular weight is 286 g/mol. The molecule has 0 aliphatic heterocycles. The minimum absolute atomic E-state index is 0.161. The van der Waals surface area contributed by atoms with E-state index in [9.17, 15) is 9.90 Å². The van der Waals surface area contributed by atoms with Crippen LogP contribution in [-0.4, -0.2) is 18.1 Å². The highest BCUT2D eigenvalue weighted by molar-refractivity contribution is 5.78. The van der Waals surface area contributed by atoms with Gasteiger partial charge in [-0.05, 0) is 23.8 Å². The molecule has 0 saturated carbocycles. The summed E-state index contributed by atoms with van der Waals surface area (Å²) in [5, 5.41) is 13.1. The second-order valence-electron chi connectivity index (χ2n) is 4.65. The first-order valence-corrected chi connectivity index (χ1v) is 6.56. The Hall–Kier alpha value is -2.69. The van der Waals surface area contributed by atoms with E-state index in [4.69, 9.17) is 10.5 Å². The summed E-state index contributed by atoms with van der Waals surface area (Å²) in [6, 6.07) is 12.6. The number of hydrogen-bond donors (Lipinski definition) is 3. The molecule has 0 atom stereocenters. The maximum Gasteiger partial charge on any atom is 0.221 e. The van der Waals surface area contributed by atoms with Gasteiger partial charge < -0.3 is 20.9 Å². The summed E-state index contributed by atoms with van der Waals surface area (Å²) in [5.74, 6) is 0.385. The third kappa shape index (κ3) is 3.89. The van der Waals surface area contributed by atoms with Gasteiger partial charge in [0.25, 0.3) is 0 Å². The molecule has 0 fully saturated rings. The largest absolute Gasteiger partial charge is 0.507 e. The fourth-order valence-electron chi connectivity index (χ4n) is 2.05. The SMILES string of the molecule is COc1ccc(CNc2ccccc2CC(N)=O)c(O)c1. The fraction of sp³-hybridized carbons (Fsp3) is 0.188. The van der Waals surface area contributed by atoms with E-state index in [-0.39, 0.29) is 18.1 Å². The number of rotatable bonds is 6. The maximum atomic E-state index is 11.1. The number of aromatic hydroxyl groups is 1. The number of primary amides is 1. The number of phenols is 1. The number of nitrogens with two attached hydrogens (primary N) is 1. The maximum absolute atomic E-state index is 11.1. The van der Waals surface area contributed by atoms with Gasteiger partial charge in [0.2, 0.25) is 5.91 Å². The summed E-state index contributed by atoms with van der Waals surface area (Å²) in [5.41, 5.74) is 7.63. The minimum atomic E-state index is -0.378. The number of carbonyl (C=O) groups excluding carboxylic acids is 1. The van der Waals surface area contributed by atoms with E-state index in [0.717, 1.165) is 16.8 Å². The summed E-state index contributed by atoms with van der Waals surface area (Å²) >= 11 is 0. The fourth-order valence-corrected chi connectivity index (χ4v) is 2.05. The lowest BCUT2D eigenvalue weighted by atomic mass is 10.1. The molecule has 0 aromatic heterocycles. The normalized spacial score (nSPS) is 10.1. The van der Waals surface area contributed by atoms with Gasteiger partial charge in [-0.3, -0.25) is 4.79 Å². The lowest BCUT2D eigenvalue weighted by Crippen LogP contribution is -2.15. The summed E-state index contributed by atoms with van der Waals surface area (Å²) in [6.45, 7) is 0.436. The number of hydrogen-bond acceptors (Lipinski definition) is 4. The number of benzene rings is 2. The zero-order chi connectivity index (χ0) is 15.2. The van der Waals surface area contributed by atoms with Crippen LogP contribution in [0.2, 0.25) is 0 Å². The topological polar surface area (TPSA) is 84.6 Å². The van der Waals surface area contributed by atoms with Crippen LogP contribution in [0.3, 0.4) is 0 Å². The van der Waals surface area contributed by atoms with Gasteiger partial charge in [-0.25, -0.2) is 0 Å². The van der Waals surface area contributed by atoms with Crippen LogP contribution in [0, 0.1) is 0 Å². The Kier molecular flexibility index (Phi) is 4.66. The summed E-state index contributed by atoms with van der Waals surface area (Å²) in [6.07, 6.45) is 0.178. The summed E-state index contributed by atoms with van der Waals surface area (Å²) < 4.78 is 5.04. The quantitative estimate of drug-likeness (QED) is 0.758. The zero-order valence-corrected chi connectivity index (χ0v) is 11.8. The van der Waals surface area contributed by atoms with Crippen LogP contribution in [0.5, 0.6) is 11.5 Å². The van der Waals surface area contributed by atoms with Gasteiger partial charge in [0.05, 0.1) is 13.5 Å². The zero-order valence-electron chi connectivity index (χ0n) is 11.8. The Morgan fingerprint density at radius 3 is 2.67 bits per heavy atom. The molecule has 0 unspecified atom stereocenters. The summed E-state index contributed by atoms with van der Waals surface area (Å²) in [4.78, 5) is 11.1. The molecular weight excluding hydrogens is 268 g/mol. The van der Waals surface area contributed by atoms with Crippen molar-refractivity contribution in [1.82, 2.24) is 0 Å². The number of para-hydroxylation sites is 1. The van der Waals surface area contributed by atoms with Crippen molar-refractivity contribution in [2.24, 2.45) is 5.73 Å². The van der Waals surface area contributed by atoms with Crippen LogP contribution >= 0.6 is 0 Å². The van der Waals surface area contributed by atoms with Crippen LogP contribution in [0.15, 0.2) is 42.5 Å². The Morgan fingerprint density at radius 1 is 1.24 bits per heavy atom. The Balaban J connectivity index is 2.11. The average Bonchev–Trinajstić information content (AvgIpc) is 2.46. The second-order valence-corrected chi connectivity index (χ2v) is 4.65. The Labute approximate surface area is 123 Å². The van der Waals surface area contributed by atoms with Gasteiger partial charge in [-0.15, -0.1) is 0 Å². The van der Waals surface area contributed by atoms with E-state index in [0.29, 0.717) is 12.3 Å². The molecule has 0 aliphatic rings. The van der Waals surface area contributed by atoms with Crippen LogP contribution in [0.4, 0.5) is 5.69 Å². The highest BCUT2D eigenvalue weighted by atomic mass is 16.5. The molecule has 0 heterocycles. The molecule has 5 nitrogen and oxygen atoms in total. The first-order valence-electron chi connectivity index (χ1n) is 6.56. The van der Waals surface area contributed by atoms with Gasteiger partial charge in [-0.1, -0.05) is 18.2 Å². The molecule has 0 bridgehead atoms. The van der Waals surface area contributed by atoms with Crippen LogP contribution in [0.1, 0.15) is 11.1 Å². The van der Waals surface area contributed by atoms with Gasteiger partial charge in [0, 0.05) is 23.9 Å². The Morgan fingerprint density at radius 2 is 2.00 bits per heavy atom. The molecule has 2 rings (SSSR count). The number of methoxy groups -OCH3 is 1. The van der Waals surface area contributed by atoms with E-state index in [1.165, 1.54) is 0 Å². The van der Waals surface area contributed by atoms with Crippen LogP contribution < -0.4 is 15.8 Å². The van der Waals surface area contributed by atoms with Crippen molar-refractivity contribution in [2.45, 2.75) is 13.0 Å². The molecule has 0 spiro atoms. The standard InChI is InChI=1S/C16H18N2O3/c1-21-13-7-6-12(15(19)9-13)10-18-14-5-3-2-4-11(14)8-16(17)20/h2-7,9,18-19H,8,10H2,1H3,(H2,17,20). The molecule has 0 aliphatic carbocycles. The van der Waals surface area contributed by atoms with Crippen molar-refractivity contribution in [3.63, 3.8) is 0 Å². The number of phenolic OH excluding ortho intramolecular Hbond substituents is 1. The van der Waals surface area contributed by atoms with Crippen molar-refractivity contribution in [2.75, 3.05) is 12.4 Å². The first-order chi connectivity index (χ1) is 10.1. The number of amides is 1. The molecule has 1 amide bonds. The van der Waals surface area contributed by atoms with E-state index < -0.39 is 0 Å². The number of nitrogens with one attached hydrogen (secondary N) is 1. The van der Waals surface area contributed by atoms with Crippen molar-refractivity contribution in [3.05, 3.63) is 53.6 Å². The molecular formula is C16H18N2O3. The monoisotopic (exact) mass is 286 g/mol. The molecule has 4 N–H and O–H groups in total. The van der Waals surface area contributed by atoms with E-state index >= 15 is 0 Å². The third-order valence-corrected chi connectivity index (χ3v) is 3.14. The first kappa shape index (κ1) is 14.7. The molecule has 0 radical (unpaired) electrons. The molecule has 21 heavy (non-hydrogen) atoms. The number of carbonyl (C=O) groups is 1. The minimum Gasteiger partial charge on any atom is -0.507 e. The van der Waals surface area contributed by atoms with Crippen molar-refractivity contribution < 1.29 is 14.6 Å². The lowest BCUT2D eigenvalue weighted by Gasteiger charge is -2.12. The highest BCUT2D eigenvalue weighted by Gasteiger charge is 2.07. The Bertz CT molecular complexity index is 641. The van der Waals surface area contributed by atoms with Gasteiger partial charge in [0.15, 0.2) is 0 Å². The van der Waals surface area contributed by atoms with E-state index in [1.807, 2.05) is 24.3 Å². The smallest absolute Gasteiger partial charge is 0.221 e. The third-order valence-electron chi connectivity index (χ3n) is 3.14. The van der Waals surface area contributed by atoms with Gasteiger partial charge in [-0.2, -0.15) is 0 Å². The summed E-state index contributed by atoms with van der Waals surface area (Å²) in [7, 11) is 1.55. The van der Waals surface area contributed by atoms with Crippen LogP contribution in [0.25, 0.3) is 0 Å². The van der Waals surface area contributed by atoms with Crippen molar-refractivity contribution >= 4 is 11.6 Å². The molecule has 0 saturated heterocycles. The predicted octanol–water partition coefficient (Wildman–Crippen LogP) is 2.04. The number of anilines is 1. The van der Waals surface area contributed by atoms with Crippen molar-refractivity contribution in [1.29, 1.82) is 0 Å². The van der Waals surface area contributed by atoms with E-state index in [1.54, 1.807) is 25.3 Å². The lowest BCUT2D eigenvalue weighted by molar-refractivity contribution is -0.117. The van der Waals surface area contributed by atoms with E-state index in [2.05, 4.69) is 5.32 Å². The van der Waals surface area contributed by atoms with Gasteiger partial charge >= 0.3 is 0 Å². The van der Waals surface area contributed by atoms with Crippen molar-refractivity contribution in [3.8, 4) is 11.5 Å². The highest BCUT2D eigenvalue weighted by Crippen LogP contribution is 2.25. The molecule has 110 valence electrons. The van der Waals surface area contributed by atoms with Gasteiger partial charge in [0.1, 0.15) is 11.5 Å². The second kappa shape index (κ2) is 6.65. The molecule has 2 aromatic carbocycles. The molecule has 2 aromatic rings. The molecule has 5 heteroatoms. The van der Waals surface area contributed by atoms with Crippen LogP contribution in [-0.2, 0) is 17.8 Å². The predicted molar refractivity (Wildman–Crippen MR) is 81.3 cm³/mol.